The molecule has 0 aliphatic rings. The van der Waals surface area contributed by atoms with Gasteiger partial charge in [-0.1, -0.05) is 6.07 Å². The fraction of sp³-hybridized carbons (Fsp3) is 0.500. The maximum absolute atomic E-state index is 11.5. The van der Waals surface area contributed by atoms with Crippen molar-refractivity contribution in [2.45, 2.75) is 17.7 Å². The van der Waals surface area contributed by atoms with Crippen LogP contribution in [0.4, 0.5) is 0 Å². The van der Waals surface area contributed by atoms with Gasteiger partial charge in [-0.05, 0) is 24.6 Å². The largest absolute Gasteiger partial charge is 0.493 e. The molecule has 126 valence electrons. The molecule has 22 heavy (non-hydrogen) atoms. The minimum atomic E-state index is -3.23. The molecule has 2 N–H and O–H groups in total. The zero-order valence-corrected chi connectivity index (χ0v) is 14.5. The van der Waals surface area contributed by atoms with Crippen LogP contribution in [0.3, 0.4) is 0 Å². The zero-order valence-electron chi connectivity index (χ0n) is 12.8. The molecule has 0 saturated heterocycles. The van der Waals surface area contributed by atoms with Crippen LogP contribution < -0.4 is 10.5 Å². The predicted molar refractivity (Wildman–Crippen MR) is 88.2 cm³/mol. The first-order valence-electron chi connectivity index (χ1n) is 6.71. The van der Waals surface area contributed by atoms with Gasteiger partial charge in [-0.25, -0.2) is 8.42 Å². The Kier molecular flexibility index (Phi) is 9.08. The predicted octanol–water partition coefficient (Wildman–Crippen LogP) is 1.09. The third-order valence-electron chi connectivity index (χ3n) is 2.92. The van der Waals surface area contributed by atoms with Gasteiger partial charge in [0.2, 0.25) is 5.91 Å². The summed E-state index contributed by atoms with van der Waals surface area (Å²) in [6.45, 7) is 1.33. The first kappa shape index (κ1) is 20.7. The molecule has 0 aliphatic carbocycles. The van der Waals surface area contributed by atoms with Crippen LogP contribution in [0.1, 0.15) is 12.8 Å². The lowest BCUT2D eigenvalue weighted by Gasteiger charge is -2.16. The third kappa shape index (κ3) is 7.11. The summed E-state index contributed by atoms with van der Waals surface area (Å²) >= 11 is 0. The van der Waals surface area contributed by atoms with Gasteiger partial charge in [0.1, 0.15) is 5.75 Å². The number of nitrogens with two attached hydrogens (primary N) is 1. The molecule has 0 bridgehead atoms. The van der Waals surface area contributed by atoms with E-state index in [-0.39, 0.29) is 23.2 Å². The van der Waals surface area contributed by atoms with E-state index in [9.17, 15) is 13.2 Å². The Balaban J connectivity index is 0.00000441. The third-order valence-corrected chi connectivity index (χ3v) is 4.03. The number of hydrogen-bond donors (Lipinski definition) is 1. The van der Waals surface area contributed by atoms with Crippen molar-refractivity contribution in [1.82, 2.24) is 4.90 Å². The van der Waals surface area contributed by atoms with Crippen LogP contribution >= 0.6 is 12.4 Å². The lowest BCUT2D eigenvalue weighted by Crippen LogP contribution is -2.30. The lowest BCUT2D eigenvalue weighted by atomic mass is 10.3. The molecule has 0 aromatic heterocycles. The van der Waals surface area contributed by atoms with Gasteiger partial charge in [-0.15, -0.1) is 12.4 Å². The number of hydrogen-bond acceptors (Lipinski definition) is 5. The summed E-state index contributed by atoms with van der Waals surface area (Å²) < 4.78 is 28.4. The summed E-state index contributed by atoms with van der Waals surface area (Å²) in [7, 11) is -1.51. The van der Waals surface area contributed by atoms with E-state index in [1.807, 2.05) is 0 Å². The fourth-order valence-corrected chi connectivity index (χ4v) is 2.38. The Morgan fingerprint density at radius 1 is 1.36 bits per heavy atom. The van der Waals surface area contributed by atoms with E-state index in [2.05, 4.69) is 0 Å². The van der Waals surface area contributed by atoms with E-state index >= 15 is 0 Å². The van der Waals surface area contributed by atoms with Gasteiger partial charge in [0.15, 0.2) is 9.84 Å². The minimum absolute atomic E-state index is 0. The van der Waals surface area contributed by atoms with Crippen molar-refractivity contribution in [2.24, 2.45) is 5.73 Å². The summed E-state index contributed by atoms with van der Waals surface area (Å²) in [5.41, 5.74) is 5.33. The highest BCUT2D eigenvalue weighted by molar-refractivity contribution is 7.90. The molecule has 8 heteroatoms. The maximum Gasteiger partial charge on any atom is 0.223 e. The quantitative estimate of drug-likeness (QED) is 0.709. The fourth-order valence-electron chi connectivity index (χ4n) is 1.73. The van der Waals surface area contributed by atoms with Crippen LogP contribution in [-0.4, -0.2) is 52.2 Å². The Morgan fingerprint density at radius 3 is 2.64 bits per heavy atom. The molecule has 0 radical (unpaired) electrons. The second-order valence-corrected chi connectivity index (χ2v) is 6.82. The SMILES string of the molecule is CN(CCCOc1cccc(S(C)(=O)=O)c1)C(=O)CCN.Cl. The maximum atomic E-state index is 11.5. The number of sulfone groups is 1. The van der Waals surface area contributed by atoms with Crippen molar-refractivity contribution in [3.05, 3.63) is 24.3 Å². The van der Waals surface area contributed by atoms with Crippen molar-refractivity contribution in [3.63, 3.8) is 0 Å². The smallest absolute Gasteiger partial charge is 0.223 e. The zero-order chi connectivity index (χ0) is 15.9. The van der Waals surface area contributed by atoms with Crippen LogP contribution in [0, 0.1) is 0 Å². The Morgan fingerprint density at radius 2 is 2.05 bits per heavy atom. The van der Waals surface area contributed by atoms with Gasteiger partial charge in [0.05, 0.1) is 11.5 Å². The van der Waals surface area contributed by atoms with Crippen molar-refractivity contribution in [3.8, 4) is 5.75 Å². The van der Waals surface area contributed by atoms with Gasteiger partial charge in [-0.3, -0.25) is 4.79 Å². The summed E-state index contributed by atoms with van der Waals surface area (Å²) in [5.74, 6) is 0.519. The Labute approximate surface area is 138 Å². The topological polar surface area (TPSA) is 89.7 Å². The molecule has 0 fully saturated rings. The monoisotopic (exact) mass is 350 g/mol. The van der Waals surface area contributed by atoms with E-state index in [1.165, 1.54) is 12.1 Å². The molecule has 0 saturated carbocycles. The number of halogens is 1. The highest BCUT2D eigenvalue weighted by Gasteiger charge is 2.09. The second-order valence-electron chi connectivity index (χ2n) is 4.80. The number of carbonyl (C=O) groups excluding carboxylic acids is 1. The molecule has 1 amide bonds. The second kappa shape index (κ2) is 9.66. The molecule has 0 heterocycles. The first-order chi connectivity index (χ1) is 9.84. The number of benzene rings is 1. The molecule has 6 nitrogen and oxygen atoms in total. The van der Waals surface area contributed by atoms with Gasteiger partial charge in [0.25, 0.3) is 0 Å². The molecule has 1 aromatic carbocycles. The number of ether oxygens (including phenoxy) is 1. The average molecular weight is 351 g/mol. The van der Waals surface area contributed by atoms with Crippen molar-refractivity contribution in [2.75, 3.05) is 33.0 Å². The molecule has 1 aromatic rings. The van der Waals surface area contributed by atoms with Crippen LogP contribution in [0.25, 0.3) is 0 Å². The number of rotatable bonds is 8. The van der Waals surface area contributed by atoms with E-state index in [4.69, 9.17) is 10.5 Å². The molecular formula is C14H23ClN2O4S. The van der Waals surface area contributed by atoms with Crippen LogP contribution in [0.5, 0.6) is 5.75 Å². The van der Waals surface area contributed by atoms with Gasteiger partial charge < -0.3 is 15.4 Å². The molecule has 0 atom stereocenters. The molecule has 0 aliphatic heterocycles. The summed E-state index contributed by atoms with van der Waals surface area (Å²) in [6, 6.07) is 6.38. The molecule has 0 spiro atoms. The molecule has 0 unspecified atom stereocenters. The lowest BCUT2D eigenvalue weighted by molar-refractivity contribution is -0.129. The highest BCUT2D eigenvalue weighted by atomic mass is 35.5. The van der Waals surface area contributed by atoms with E-state index in [1.54, 1.807) is 24.1 Å². The molecular weight excluding hydrogens is 328 g/mol. The summed E-state index contributed by atoms with van der Waals surface area (Å²) in [4.78, 5) is 13.3. The Hall–Kier alpha value is -1.31. The first-order valence-corrected chi connectivity index (χ1v) is 8.60. The van der Waals surface area contributed by atoms with Gasteiger partial charge in [0, 0.05) is 32.8 Å². The van der Waals surface area contributed by atoms with E-state index < -0.39 is 9.84 Å². The van der Waals surface area contributed by atoms with Crippen molar-refractivity contribution < 1.29 is 17.9 Å². The van der Waals surface area contributed by atoms with Gasteiger partial charge >= 0.3 is 0 Å². The van der Waals surface area contributed by atoms with Crippen LogP contribution in [-0.2, 0) is 14.6 Å². The van der Waals surface area contributed by atoms with Crippen molar-refractivity contribution >= 4 is 28.2 Å². The Bertz CT molecular complexity index is 578. The van der Waals surface area contributed by atoms with Gasteiger partial charge in [-0.2, -0.15) is 0 Å². The minimum Gasteiger partial charge on any atom is -0.493 e. The van der Waals surface area contributed by atoms with E-state index in [0.717, 1.165) is 6.26 Å². The number of nitrogens with zero attached hydrogens (tertiary/aromatic N) is 1. The van der Waals surface area contributed by atoms with Crippen LogP contribution in [0.2, 0.25) is 0 Å². The average Bonchev–Trinajstić information content (AvgIpc) is 2.43. The highest BCUT2D eigenvalue weighted by Crippen LogP contribution is 2.17. The molecule has 1 rings (SSSR count). The summed E-state index contributed by atoms with van der Waals surface area (Å²) in [5, 5.41) is 0. The van der Waals surface area contributed by atoms with E-state index in [0.29, 0.717) is 38.3 Å². The normalized spacial score (nSPS) is 10.7. The number of carbonyl (C=O) groups is 1. The standard InChI is InChI=1S/C14H22N2O4S.ClH/c1-16(14(17)7-8-15)9-4-10-20-12-5-3-6-13(11-12)21(2,18)19;/h3,5-6,11H,4,7-10,15H2,1-2H3;1H. The van der Waals surface area contributed by atoms with Crippen LogP contribution in [0.15, 0.2) is 29.2 Å². The van der Waals surface area contributed by atoms with Crippen molar-refractivity contribution in [1.29, 1.82) is 0 Å². The summed E-state index contributed by atoms with van der Waals surface area (Å²) in [6.07, 6.45) is 2.16. The number of amides is 1.